The first-order valence-electron chi connectivity index (χ1n) is 6.65. The molecule has 1 heterocycles. The number of rotatable bonds is 4. The van der Waals surface area contributed by atoms with Gasteiger partial charge >= 0.3 is 0 Å². The number of benzene rings is 1. The van der Waals surface area contributed by atoms with Gasteiger partial charge in [0.15, 0.2) is 0 Å². The predicted octanol–water partition coefficient (Wildman–Crippen LogP) is 3.75. The molecule has 1 N–H and O–H groups in total. The second-order valence-electron chi connectivity index (χ2n) is 5.37. The minimum absolute atomic E-state index is 0.0693. The van der Waals surface area contributed by atoms with Gasteiger partial charge in [-0.3, -0.25) is 4.68 Å². The van der Waals surface area contributed by atoms with E-state index in [9.17, 15) is 13.9 Å². The summed E-state index contributed by atoms with van der Waals surface area (Å²) in [6.07, 6.45) is -0.899. The zero-order chi connectivity index (χ0) is 15.7. The maximum atomic E-state index is 13.2. The van der Waals surface area contributed by atoms with Crippen LogP contribution in [0.25, 0.3) is 0 Å². The molecule has 2 rings (SSSR count). The fraction of sp³-hybridized carbons (Fsp3) is 0.400. The fourth-order valence-corrected chi connectivity index (χ4v) is 2.59. The Kier molecular flexibility index (Phi) is 4.64. The molecule has 0 amide bonds. The van der Waals surface area contributed by atoms with E-state index in [4.69, 9.17) is 11.6 Å². The third kappa shape index (κ3) is 3.41. The van der Waals surface area contributed by atoms with E-state index in [2.05, 4.69) is 5.10 Å². The molecular formula is C15H17ClF2N2O. The molecule has 21 heavy (non-hydrogen) atoms. The van der Waals surface area contributed by atoms with Crippen LogP contribution in [0.5, 0.6) is 0 Å². The molecule has 0 spiro atoms. The summed E-state index contributed by atoms with van der Waals surface area (Å²) in [6, 6.07) is 3.20. The molecule has 1 atom stereocenters. The van der Waals surface area contributed by atoms with Crippen molar-refractivity contribution in [3.8, 4) is 0 Å². The van der Waals surface area contributed by atoms with Gasteiger partial charge in [0.05, 0.1) is 11.8 Å². The van der Waals surface area contributed by atoms with Crippen molar-refractivity contribution in [1.82, 2.24) is 9.78 Å². The number of aliphatic hydroxyl groups is 1. The number of aryl methyl sites for hydroxylation is 1. The van der Waals surface area contributed by atoms with Crippen LogP contribution in [0.2, 0.25) is 5.15 Å². The first-order valence-corrected chi connectivity index (χ1v) is 7.02. The van der Waals surface area contributed by atoms with E-state index in [-0.39, 0.29) is 12.3 Å². The molecule has 2 aromatic rings. The molecule has 0 aliphatic carbocycles. The number of nitrogens with zero attached hydrogens (tertiary/aromatic N) is 2. The topological polar surface area (TPSA) is 38.0 Å². The zero-order valence-electron chi connectivity index (χ0n) is 12.1. The van der Waals surface area contributed by atoms with Crippen LogP contribution in [-0.2, 0) is 13.5 Å². The predicted molar refractivity (Wildman–Crippen MR) is 77.3 cm³/mol. The van der Waals surface area contributed by atoms with Gasteiger partial charge in [-0.1, -0.05) is 25.4 Å². The largest absolute Gasteiger partial charge is 0.388 e. The summed E-state index contributed by atoms with van der Waals surface area (Å²) in [4.78, 5) is 0. The Morgan fingerprint density at radius 3 is 2.33 bits per heavy atom. The molecule has 114 valence electrons. The van der Waals surface area contributed by atoms with Gasteiger partial charge < -0.3 is 5.11 Å². The Morgan fingerprint density at radius 1 is 1.24 bits per heavy atom. The highest BCUT2D eigenvalue weighted by atomic mass is 35.5. The van der Waals surface area contributed by atoms with Gasteiger partial charge in [-0.2, -0.15) is 5.10 Å². The molecule has 0 radical (unpaired) electrons. The number of aromatic nitrogens is 2. The van der Waals surface area contributed by atoms with Crippen LogP contribution in [0.3, 0.4) is 0 Å². The molecule has 6 heteroatoms. The highest BCUT2D eigenvalue weighted by molar-refractivity contribution is 6.30. The van der Waals surface area contributed by atoms with Crippen LogP contribution in [0.1, 0.15) is 42.7 Å². The van der Waals surface area contributed by atoms with Gasteiger partial charge in [-0.05, 0) is 23.6 Å². The lowest BCUT2D eigenvalue weighted by atomic mass is 9.97. The van der Waals surface area contributed by atoms with Crippen molar-refractivity contribution in [2.75, 3.05) is 0 Å². The van der Waals surface area contributed by atoms with E-state index in [1.165, 1.54) is 16.8 Å². The average molecular weight is 315 g/mol. The Morgan fingerprint density at radius 2 is 1.81 bits per heavy atom. The van der Waals surface area contributed by atoms with Crippen LogP contribution >= 0.6 is 11.6 Å². The first kappa shape index (κ1) is 15.9. The van der Waals surface area contributed by atoms with Crippen LogP contribution in [-0.4, -0.2) is 14.9 Å². The summed E-state index contributed by atoms with van der Waals surface area (Å²) in [6.45, 7) is 3.88. The SMILES string of the molecule is CC(C)c1nn(C)c(Cl)c1C(O)Cc1cc(F)cc(F)c1. The van der Waals surface area contributed by atoms with E-state index < -0.39 is 17.7 Å². The number of aliphatic hydroxyl groups excluding tert-OH is 1. The Hall–Kier alpha value is -1.46. The molecule has 1 aromatic carbocycles. The van der Waals surface area contributed by atoms with Crippen molar-refractivity contribution in [3.63, 3.8) is 0 Å². The van der Waals surface area contributed by atoms with Crippen molar-refractivity contribution in [2.24, 2.45) is 7.05 Å². The average Bonchev–Trinajstić information content (AvgIpc) is 2.64. The zero-order valence-corrected chi connectivity index (χ0v) is 12.8. The summed E-state index contributed by atoms with van der Waals surface area (Å²) < 4.78 is 27.9. The van der Waals surface area contributed by atoms with E-state index >= 15 is 0 Å². The van der Waals surface area contributed by atoms with Gasteiger partial charge in [-0.15, -0.1) is 0 Å². The van der Waals surface area contributed by atoms with Crippen LogP contribution in [0.15, 0.2) is 18.2 Å². The molecule has 0 aliphatic rings. The molecule has 0 saturated carbocycles. The summed E-state index contributed by atoms with van der Waals surface area (Å²) in [5.41, 5.74) is 1.57. The second kappa shape index (κ2) is 6.12. The molecule has 1 aromatic heterocycles. The fourth-order valence-electron chi connectivity index (χ4n) is 2.33. The summed E-state index contributed by atoms with van der Waals surface area (Å²) in [5, 5.41) is 15.0. The van der Waals surface area contributed by atoms with Gasteiger partial charge in [0, 0.05) is 25.1 Å². The van der Waals surface area contributed by atoms with Gasteiger partial charge in [0.1, 0.15) is 16.8 Å². The van der Waals surface area contributed by atoms with E-state index in [1.54, 1.807) is 7.05 Å². The lowest BCUT2D eigenvalue weighted by molar-refractivity contribution is 0.177. The van der Waals surface area contributed by atoms with Crippen molar-refractivity contribution in [1.29, 1.82) is 0 Å². The Balaban J connectivity index is 2.34. The monoisotopic (exact) mass is 314 g/mol. The third-order valence-corrected chi connectivity index (χ3v) is 3.72. The number of hydrogen-bond donors (Lipinski definition) is 1. The summed E-state index contributed by atoms with van der Waals surface area (Å²) in [5.74, 6) is -1.25. The van der Waals surface area contributed by atoms with E-state index in [0.29, 0.717) is 22.0 Å². The molecule has 0 bridgehead atoms. The number of halogens is 3. The van der Waals surface area contributed by atoms with Crippen LogP contribution in [0.4, 0.5) is 8.78 Å². The lowest BCUT2D eigenvalue weighted by Gasteiger charge is -2.13. The maximum Gasteiger partial charge on any atom is 0.132 e. The molecule has 0 saturated heterocycles. The lowest BCUT2D eigenvalue weighted by Crippen LogP contribution is -2.06. The molecule has 1 unspecified atom stereocenters. The minimum atomic E-state index is -0.968. The Bertz CT molecular complexity index is 635. The first-order chi connectivity index (χ1) is 9.79. The van der Waals surface area contributed by atoms with Crippen molar-refractivity contribution >= 4 is 11.6 Å². The van der Waals surface area contributed by atoms with E-state index in [0.717, 1.165) is 6.07 Å². The normalized spacial score (nSPS) is 13.0. The highest BCUT2D eigenvalue weighted by Gasteiger charge is 2.24. The molecule has 0 fully saturated rings. The molecule has 0 aliphatic heterocycles. The van der Waals surface area contributed by atoms with Crippen LogP contribution in [0, 0.1) is 11.6 Å². The standard InChI is InChI=1S/C15H17ClF2N2O/c1-8(2)14-13(15(16)20(3)19-14)12(21)6-9-4-10(17)7-11(18)5-9/h4-5,7-8,12,21H,6H2,1-3H3. The van der Waals surface area contributed by atoms with Crippen LogP contribution < -0.4 is 0 Å². The van der Waals surface area contributed by atoms with Crippen molar-refractivity contribution < 1.29 is 13.9 Å². The van der Waals surface area contributed by atoms with Gasteiger partial charge in [-0.25, -0.2) is 8.78 Å². The second-order valence-corrected chi connectivity index (χ2v) is 5.72. The minimum Gasteiger partial charge on any atom is -0.388 e. The van der Waals surface area contributed by atoms with Gasteiger partial charge in [0.2, 0.25) is 0 Å². The van der Waals surface area contributed by atoms with Crippen molar-refractivity contribution in [2.45, 2.75) is 32.3 Å². The molecular weight excluding hydrogens is 298 g/mol. The highest BCUT2D eigenvalue weighted by Crippen LogP contribution is 2.32. The number of hydrogen-bond acceptors (Lipinski definition) is 2. The van der Waals surface area contributed by atoms with Crippen molar-refractivity contribution in [3.05, 3.63) is 51.8 Å². The summed E-state index contributed by atoms with van der Waals surface area (Å²) in [7, 11) is 1.69. The molecule has 3 nitrogen and oxygen atoms in total. The van der Waals surface area contributed by atoms with Gasteiger partial charge in [0.25, 0.3) is 0 Å². The third-order valence-electron chi connectivity index (χ3n) is 3.27. The summed E-state index contributed by atoms with van der Waals surface area (Å²) >= 11 is 6.17. The smallest absolute Gasteiger partial charge is 0.132 e. The maximum absolute atomic E-state index is 13.2. The quantitative estimate of drug-likeness (QED) is 0.933. The van der Waals surface area contributed by atoms with E-state index in [1.807, 2.05) is 13.8 Å². The Labute approximate surface area is 127 Å².